The van der Waals surface area contributed by atoms with E-state index in [0.29, 0.717) is 17.1 Å². The Morgan fingerprint density at radius 3 is 2.57 bits per heavy atom. The van der Waals surface area contributed by atoms with Crippen molar-refractivity contribution in [3.05, 3.63) is 41.7 Å². The zero-order valence-electron chi connectivity index (χ0n) is 11.7. The number of nitrogens with one attached hydrogen (secondary N) is 1. The third kappa shape index (κ3) is 3.48. The zero-order chi connectivity index (χ0) is 15.5. The van der Waals surface area contributed by atoms with E-state index in [2.05, 4.69) is 10.4 Å². The molecule has 0 amide bonds. The number of anilines is 1. The number of alkyl halides is 3. The minimum Gasteiger partial charge on any atom is -0.495 e. The Hall–Kier alpha value is -2.18. The van der Waals surface area contributed by atoms with Crippen molar-refractivity contribution in [1.29, 1.82) is 0 Å². The summed E-state index contributed by atoms with van der Waals surface area (Å²) < 4.78 is 44.6. The van der Waals surface area contributed by atoms with Gasteiger partial charge in [0.2, 0.25) is 0 Å². The minimum absolute atomic E-state index is 0.170. The van der Waals surface area contributed by atoms with Gasteiger partial charge in [-0.25, -0.2) is 0 Å². The highest BCUT2D eigenvalue weighted by Crippen LogP contribution is 2.30. The molecule has 2 aromatic rings. The van der Waals surface area contributed by atoms with E-state index >= 15 is 0 Å². The van der Waals surface area contributed by atoms with Gasteiger partial charge in [0.15, 0.2) is 0 Å². The third-order valence-corrected chi connectivity index (χ3v) is 2.99. The maximum Gasteiger partial charge on any atom is 0.433 e. The van der Waals surface area contributed by atoms with E-state index in [-0.39, 0.29) is 13.1 Å². The summed E-state index contributed by atoms with van der Waals surface area (Å²) in [7, 11) is 1.54. The largest absolute Gasteiger partial charge is 0.495 e. The standard InChI is InChI=1S/C14H16F3N3O/c1-3-20-13(14(15,16)17)8-10(19-20)9-18-11-6-4-5-7-12(11)21-2/h4-8,18H,3,9H2,1-2H3. The minimum atomic E-state index is -4.40. The van der Waals surface area contributed by atoms with Crippen molar-refractivity contribution in [2.45, 2.75) is 26.2 Å². The SMILES string of the molecule is CCn1nc(CNc2ccccc2OC)cc1C(F)(F)F. The van der Waals surface area contributed by atoms with E-state index in [1.807, 2.05) is 12.1 Å². The molecule has 0 aliphatic rings. The number of aryl methyl sites for hydroxylation is 1. The number of para-hydroxylation sites is 2. The van der Waals surface area contributed by atoms with Crippen LogP contribution in [0.15, 0.2) is 30.3 Å². The lowest BCUT2D eigenvalue weighted by Gasteiger charge is -2.09. The third-order valence-electron chi connectivity index (χ3n) is 2.99. The van der Waals surface area contributed by atoms with Crippen molar-refractivity contribution in [2.24, 2.45) is 0 Å². The summed E-state index contributed by atoms with van der Waals surface area (Å²) in [6.45, 7) is 1.99. The van der Waals surface area contributed by atoms with Crippen molar-refractivity contribution in [2.75, 3.05) is 12.4 Å². The number of halogens is 3. The summed E-state index contributed by atoms with van der Waals surface area (Å²) in [4.78, 5) is 0. The molecule has 1 N–H and O–H groups in total. The molecular weight excluding hydrogens is 283 g/mol. The van der Waals surface area contributed by atoms with Crippen LogP contribution in [0.4, 0.5) is 18.9 Å². The number of nitrogens with zero attached hydrogens (tertiary/aromatic N) is 2. The van der Waals surface area contributed by atoms with Crippen LogP contribution < -0.4 is 10.1 Å². The van der Waals surface area contributed by atoms with Crippen LogP contribution in [0, 0.1) is 0 Å². The molecule has 0 spiro atoms. The Morgan fingerprint density at radius 1 is 1.29 bits per heavy atom. The lowest BCUT2D eigenvalue weighted by Crippen LogP contribution is -2.13. The van der Waals surface area contributed by atoms with Gasteiger partial charge in [-0.15, -0.1) is 0 Å². The summed E-state index contributed by atoms with van der Waals surface area (Å²) in [5.74, 6) is 0.628. The van der Waals surface area contributed by atoms with Crippen LogP contribution in [0.25, 0.3) is 0 Å². The molecule has 0 saturated heterocycles. The summed E-state index contributed by atoms with van der Waals surface area (Å²) in [5, 5.41) is 6.99. The number of ether oxygens (including phenoxy) is 1. The van der Waals surface area contributed by atoms with Crippen LogP contribution >= 0.6 is 0 Å². The second-order valence-electron chi connectivity index (χ2n) is 4.39. The summed E-state index contributed by atoms with van der Waals surface area (Å²) in [6, 6.07) is 8.26. The lowest BCUT2D eigenvalue weighted by atomic mass is 10.2. The van der Waals surface area contributed by atoms with Gasteiger partial charge in [-0.1, -0.05) is 12.1 Å². The molecule has 0 aliphatic heterocycles. The van der Waals surface area contributed by atoms with E-state index in [1.165, 1.54) is 7.11 Å². The highest BCUT2D eigenvalue weighted by molar-refractivity contribution is 5.56. The molecule has 2 rings (SSSR count). The number of hydrogen-bond donors (Lipinski definition) is 1. The molecule has 1 aromatic heterocycles. The van der Waals surface area contributed by atoms with Crippen molar-refractivity contribution in [3.63, 3.8) is 0 Å². The average molecular weight is 299 g/mol. The van der Waals surface area contributed by atoms with Gasteiger partial charge in [-0.05, 0) is 25.1 Å². The predicted octanol–water partition coefficient (Wildman–Crippen LogP) is 3.54. The van der Waals surface area contributed by atoms with Gasteiger partial charge in [0, 0.05) is 6.54 Å². The van der Waals surface area contributed by atoms with Crippen LogP contribution in [-0.2, 0) is 19.3 Å². The Balaban J connectivity index is 2.15. The molecule has 0 aliphatic carbocycles. The fourth-order valence-electron chi connectivity index (χ4n) is 2.00. The number of rotatable bonds is 5. The first kappa shape index (κ1) is 15.2. The summed E-state index contributed by atoms with van der Waals surface area (Å²) in [5.41, 5.74) is 0.302. The molecule has 7 heteroatoms. The maximum atomic E-state index is 12.8. The molecule has 114 valence electrons. The number of hydrogen-bond acceptors (Lipinski definition) is 3. The monoisotopic (exact) mass is 299 g/mol. The van der Waals surface area contributed by atoms with Crippen LogP contribution in [0.1, 0.15) is 18.3 Å². The Bertz CT molecular complexity index is 608. The number of aromatic nitrogens is 2. The van der Waals surface area contributed by atoms with Crippen molar-refractivity contribution in [3.8, 4) is 5.75 Å². The van der Waals surface area contributed by atoms with E-state index < -0.39 is 11.9 Å². The highest BCUT2D eigenvalue weighted by atomic mass is 19.4. The second-order valence-corrected chi connectivity index (χ2v) is 4.39. The topological polar surface area (TPSA) is 39.1 Å². The molecule has 0 unspecified atom stereocenters. The lowest BCUT2D eigenvalue weighted by molar-refractivity contribution is -0.144. The first-order valence-electron chi connectivity index (χ1n) is 6.46. The summed E-state index contributed by atoms with van der Waals surface area (Å²) in [6.07, 6.45) is -4.40. The fourth-order valence-corrected chi connectivity index (χ4v) is 2.00. The van der Waals surface area contributed by atoms with Crippen LogP contribution in [0.2, 0.25) is 0 Å². The molecule has 0 radical (unpaired) electrons. The molecule has 1 heterocycles. The van der Waals surface area contributed by atoms with Gasteiger partial charge >= 0.3 is 6.18 Å². The van der Waals surface area contributed by atoms with Crippen molar-refractivity contribution >= 4 is 5.69 Å². The smallest absolute Gasteiger partial charge is 0.433 e. The van der Waals surface area contributed by atoms with Gasteiger partial charge in [0.25, 0.3) is 0 Å². The van der Waals surface area contributed by atoms with Crippen molar-refractivity contribution < 1.29 is 17.9 Å². The molecule has 0 saturated carbocycles. The van der Waals surface area contributed by atoms with E-state index in [1.54, 1.807) is 19.1 Å². The van der Waals surface area contributed by atoms with Gasteiger partial charge in [0.05, 0.1) is 25.0 Å². The molecule has 1 aromatic carbocycles. The molecular formula is C14H16F3N3O. The first-order valence-corrected chi connectivity index (χ1v) is 6.46. The van der Waals surface area contributed by atoms with E-state index in [4.69, 9.17) is 4.74 Å². The predicted molar refractivity (Wildman–Crippen MR) is 73.2 cm³/mol. The average Bonchev–Trinajstić information content (AvgIpc) is 2.89. The highest BCUT2D eigenvalue weighted by Gasteiger charge is 2.35. The fraction of sp³-hybridized carbons (Fsp3) is 0.357. The Kier molecular flexibility index (Phi) is 4.40. The zero-order valence-corrected chi connectivity index (χ0v) is 11.7. The van der Waals surface area contributed by atoms with Gasteiger partial charge in [-0.3, -0.25) is 4.68 Å². The van der Waals surface area contributed by atoms with Crippen LogP contribution in [0.5, 0.6) is 5.75 Å². The molecule has 0 atom stereocenters. The van der Waals surface area contributed by atoms with E-state index in [9.17, 15) is 13.2 Å². The quantitative estimate of drug-likeness (QED) is 0.918. The van der Waals surface area contributed by atoms with Gasteiger partial charge < -0.3 is 10.1 Å². The number of benzene rings is 1. The molecule has 0 bridgehead atoms. The first-order chi connectivity index (χ1) is 9.95. The number of methoxy groups -OCH3 is 1. The Morgan fingerprint density at radius 2 is 2.00 bits per heavy atom. The molecule has 0 fully saturated rings. The van der Waals surface area contributed by atoms with Crippen molar-refractivity contribution in [1.82, 2.24) is 9.78 Å². The summed E-state index contributed by atoms with van der Waals surface area (Å²) >= 11 is 0. The normalized spacial score (nSPS) is 11.5. The van der Waals surface area contributed by atoms with Crippen LogP contribution in [0.3, 0.4) is 0 Å². The Labute approximate surface area is 120 Å². The maximum absolute atomic E-state index is 12.8. The van der Waals surface area contributed by atoms with Crippen LogP contribution in [-0.4, -0.2) is 16.9 Å². The second kappa shape index (κ2) is 6.07. The molecule has 21 heavy (non-hydrogen) atoms. The molecule has 4 nitrogen and oxygen atoms in total. The van der Waals surface area contributed by atoms with Gasteiger partial charge in [-0.2, -0.15) is 18.3 Å². The van der Waals surface area contributed by atoms with E-state index in [0.717, 1.165) is 10.7 Å². The van der Waals surface area contributed by atoms with Gasteiger partial charge in [0.1, 0.15) is 11.4 Å².